The highest BCUT2D eigenvalue weighted by molar-refractivity contribution is 7.93. The van der Waals surface area contributed by atoms with Gasteiger partial charge in [0.25, 0.3) is 0 Å². The van der Waals surface area contributed by atoms with Crippen molar-refractivity contribution < 1.29 is 27.4 Å². The first-order chi connectivity index (χ1) is 15.3. The van der Waals surface area contributed by atoms with E-state index in [0.29, 0.717) is 11.3 Å². The Morgan fingerprint density at radius 1 is 1.25 bits per heavy atom. The molecular weight excluding hydrogens is 456 g/mol. The number of nitrogens with zero attached hydrogens (tertiary/aromatic N) is 2. The van der Waals surface area contributed by atoms with E-state index in [-0.39, 0.29) is 30.7 Å². The largest absolute Gasteiger partial charge is 0.466 e. The Hall–Kier alpha value is -3.06. The summed E-state index contributed by atoms with van der Waals surface area (Å²) < 4.78 is 42.0. The second-order valence-electron chi connectivity index (χ2n) is 6.40. The molecule has 0 aliphatic heterocycles. The molecule has 0 amide bonds. The van der Waals surface area contributed by atoms with Crippen LogP contribution in [-0.4, -0.2) is 47.2 Å². The van der Waals surface area contributed by atoms with Gasteiger partial charge < -0.3 is 14.2 Å². The maximum atomic E-state index is 13.0. The van der Waals surface area contributed by atoms with Crippen molar-refractivity contribution in [2.75, 3.05) is 37.1 Å². The second-order valence-corrected chi connectivity index (χ2v) is 8.70. The van der Waals surface area contributed by atoms with Crippen molar-refractivity contribution in [3.8, 4) is 11.8 Å². The van der Waals surface area contributed by atoms with Crippen molar-refractivity contribution in [2.45, 2.75) is 6.92 Å². The lowest BCUT2D eigenvalue weighted by Crippen LogP contribution is -2.36. The van der Waals surface area contributed by atoms with Crippen molar-refractivity contribution in [1.82, 2.24) is 0 Å². The minimum Gasteiger partial charge on any atom is -0.466 e. The smallest absolute Gasteiger partial charge is 0.323 e. The summed E-state index contributed by atoms with van der Waals surface area (Å²) in [4.78, 5) is 11.9. The molecule has 32 heavy (non-hydrogen) atoms. The molecule has 2 aromatic rings. The van der Waals surface area contributed by atoms with Gasteiger partial charge in [-0.2, -0.15) is 5.26 Å². The Kier molecular flexibility index (Phi) is 9.53. The molecule has 0 bridgehead atoms. The molecule has 0 heterocycles. The lowest BCUT2D eigenvalue weighted by atomic mass is 10.1. The molecule has 170 valence electrons. The zero-order valence-electron chi connectivity index (χ0n) is 17.7. The summed E-state index contributed by atoms with van der Waals surface area (Å²) in [7, 11) is -2.62. The Morgan fingerprint density at radius 3 is 2.69 bits per heavy atom. The van der Waals surface area contributed by atoms with Crippen molar-refractivity contribution in [3.63, 3.8) is 0 Å². The minimum atomic E-state index is -4.08. The number of esters is 1. The zero-order valence-corrected chi connectivity index (χ0v) is 19.2. The molecule has 8 nitrogen and oxygen atoms in total. The Labute approximate surface area is 192 Å². The normalized spacial score (nSPS) is 11.2. The van der Waals surface area contributed by atoms with Crippen LogP contribution in [0.1, 0.15) is 18.1 Å². The fourth-order valence-electron chi connectivity index (χ4n) is 2.69. The molecule has 0 unspecified atom stereocenters. The van der Waals surface area contributed by atoms with Gasteiger partial charge >= 0.3 is 5.97 Å². The highest BCUT2D eigenvalue weighted by atomic mass is 35.5. The van der Waals surface area contributed by atoms with Crippen molar-refractivity contribution in [3.05, 3.63) is 64.7 Å². The van der Waals surface area contributed by atoms with E-state index < -0.39 is 21.7 Å². The summed E-state index contributed by atoms with van der Waals surface area (Å²) >= 11 is 6.24. The van der Waals surface area contributed by atoms with Crippen LogP contribution in [-0.2, 0) is 24.3 Å². The van der Waals surface area contributed by atoms with Gasteiger partial charge in [-0.25, -0.2) is 8.42 Å². The third-order valence-electron chi connectivity index (χ3n) is 4.07. The zero-order chi connectivity index (χ0) is 23.6. The summed E-state index contributed by atoms with van der Waals surface area (Å²) in [5.41, 5.74) is 1.46. The van der Waals surface area contributed by atoms with Crippen LogP contribution in [0.5, 0.6) is 5.75 Å². The average molecular weight is 479 g/mol. The number of methoxy groups -OCH3 is 1. The number of sulfonamides is 1. The molecule has 0 aliphatic rings. The highest BCUT2D eigenvalue weighted by Crippen LogP contribution is 2.31. The topological polar surface area (TPSA) is 106 Å². The lowest BCUT2D eigenvalue weighted by Gasteiger charge is -2.23. The van der Waals surface area contributed by atoms with E-state index in [2.05, 4.69) is 0 Å². The Bertz CT molecular complexity index is 1110. The molecule has 10 heteroatoms. The summed E-state index contributed by atoms with van der Waals surface area (Å²) in [5, 5.41) is 9.21. The van der Waals surface area contributed by atoms with E-state index in [0.717, 1.165) is 9.87 Å². The fraction of sp³-hybridized carbons (Fsp3) is 0.273. The maximum Gasteiger partial charge on any atom is 0.323 e. The molecule has 0 aromatic heterocycles. The van der Waals surface area contributed by atoms with Crippen LogP contribution in [0.25, 0.3) is 6.08 Å². The number of carbonyl (C=O) groups is 1. The molecular formula is C22H23ClN2O6S. The first-order valence-electron chi connectivity index (χ1n) is 9.54. The van der Waals surface area contributed by atoms with Gasteiger partial charge in [0.2, 0.25) is 10.0 Å². The number of anilines is 1. The number of hydrogen-bond acceptors (Lipinski definition) is 7. The van der Waals surface area contributed by atoms with Crippen LogP contribution in [0.4, 0.5) is 5.69 Å². The first-order valence-corrected chi connectivity index (χ1v) is 11.5. The molecule has 0 saturated heterocycles. The van der Waals surface area contributed by atoms with E-state index in [4.69, 9.17) is 31.1 Å². The minimum absolute atomic E-state index is 0.0194. The summed E-state index contributed by atoms with van der Waals surface area (Å²) in [6.07, 6.45) is 3.30. The third-order valence-corrected chi connectivity index (χ3v) is 6.00. The molecule has 0 radical (unpaired) electrons. The van der Waals surface area contributed by atoms with Crippen LogP contribution in [0.2, 0.25) is 5.02 Å². The fourth-order valence-corrected chi connectivity index (χ4v) is 4.20. The van der Waals surface area contributed by atoms with Gasteiger partial charge in [0.05, 0.1) is 35.5 Å². The molecule has 0 spiro atoms. The Morgan fingerprint density at radius 2 is 2.03 bits per heavy atom. The van der Waals surface area contributed by atoms with Crippen molar-refractivity contribution >= 4 is 39.4 Å². The van der Waals surface area contributed by atoms with Gasteiger partial charge in [-0.1, -0.05) is 35.9 Å². The lowest BCUT2D eigenvalue weighted by molar-refractivity contribution is -0.139. The monoisotopic (exact) mass is 478 g/mol. The summed E-state index contributed by atoms with van der Waals surface area (Å²) in [6.45, 7) is 1.57. The molecule has 0 saturated carbocycles. The summed E-state index contributed by atoms with van der Waals surface area (Å²) in [5.74, 6) is -1.35. The van der Waals surface area contributed by atoms with Gasteiger partial charge in [0.1, 0.15) is 5.75 Å². The number of benzene rings is 2. The molecule has 0 aliphatic carbocycles. The van der Waals surface area contributed by atoms with Gasteiger partial charge in [0.15, 0.2) is 12.5 Å². The van der Waals surface area contributed by atoms with Gasteiger partial charge in [0, 0.05) is 7.11 Å². The van der Waals surface area contributed by atoms with Gasteiger partial charge in [-0.15, -0.1) is 0 Å². The van der Waals surface area contributed by atoms with Crippen molar-refractivity contribution in [1.29, 1.82) is 5.26 Å². The predicted molar refractivity (Wildman–Crippen MR) is 122 cm³/mol. The van der Waals surface area contributed by atoms with Crippen LogP contribution >= 0.6 is 11.6 Å². The molecule has 2 aromatic carbocycles. The SMILES string of the molecule is CCOC(=O)CS(=O)(=O)N(CC=Cc1cccc(C#N)c1)c1ccc(OCOC)c(Cl)c1. The van der Waals surface area contributed by atoms with E-state index >= 15 is 0 Å². The number of nitriles is 1. The van der Waals surface area contributed by atoms with E-state index in [9.17, 15) is 13.2 Å². The second kappa shape index (κ2) is 12.1. The van der Waals surface area contributed by atoms with Crippen LogP contribution in [0, 0.1) is 11.3 Å². The number of hydrogen-bond donors (Lipinski definition) is 0. The van der Waals surface area contributed by atoms with E-state index in [1.165, 1.54) is 25.3 Å². The Balaban J connectivity index is 2.34. The predicted octanol–water partition coefficient (Wildman–Crippen LogP) is 3.61. The number of ether oxygens (including phenoxy) is 3. The van der Waals surface area contributed by atoms with Crippen LogP contribution in [0.15, 0.2) is 48.5 Å². The van der Waals surface area contributed by atoms with Crippen LogP contribution < -0.4 is 9.04 Å². The van der Waals surface area contributed by atoms with Crippen molar-refractivity contribution in [2.24, 2.45) is 0 Å². The van der Waals surface area contributed by atoms with E-state index in [1.54, 1.807) is 43.3 Å². The van der Waals surface area contributed by atoms with Gasteiger partial charge in [-0.05, 0) is 42.8 Å². The molecule has 0 fully saturated rings. The first kappa shape index (κ1) is 25.2. The number of halogens is 1. The molecule has 0 atom stereocenters. The van der Waals surface area contributed by atoms with Crippen LogP contribution in [0.3, 0.4) is 0 Å². The number of carbonyl (C=O) groups excluding carboxylic acids is 1. The highest BCUT2D eigenvalue weighted by Gasteiger charge is 2.26. The standard InChI is InChI=1S/C22H23ClN2O6S/c1-3-30-22(26)15-32(27,28)25(11-5-8-17-6-4-7-18(12-17)14-24)19-9-10-21(20(23)13-19)31-16-29-2/h4-10,12-13H,3,11,15-16H2,1-2H3. The molecule has 0 N–H and O–H groups in total. The summed E-state index contributed by atoms with van der Waals surface area (Å²) in [6, 6.07) is 13.4. The van der Waals surface area contributed by atoms with E-state index in [1.807, 2.05) is 6.07 Å². The average Bonchev–Trinajstić information content (AvgIpc) is 2.75. The third kappa shape index (κ3) is 7.27. The quantitative estimate of drug-likeness (QED) is 0.358. The maximum absolute atomic E-state index is 13.0. The van der Waals surface area contributed by atoms with Gasteiger partial charge in [-0.3, -0.25) is 9.10 Å². The number of rotatable bonds is 11. The molecule has 2 rings (SSSR count).